The van der Waals surface area contributed by atoms with Crippen molar-refractivity contribution in [2.45, 2.75) is 38.7 Å². The zero-order valence-corrected chi connectivity index (χ0v) is 13.2. The van der Waals surface area contributed by atoms with Crippen molar-refractivity contribution in [2.75, 3.05) is 0 Å². The molecular formula is C15H22N4O2. The summed E-state index contributed by atoms with van der Waals surface area (Å²) in [7, 11) is 3.82. The molecule has 6 heteroatoms. The Morgan fingerprint density at radius 1 is 1.14 bits per heavy atom. The van der Waals surface area contributed by atoms with Gasteiger partial charge in [-0.1, -0.05) is 0 Å². The normalized spacial score (nSPS) is 11.9. The van der Waals surface area contributed by atoms with Gasteiger partial charge in [-0.25, -0.2) is 9.97 Å². The second kappa shape index (κ2) is 5.71. The minimum Gasteiger partial charge on any atom is -0.460 e. The lowest BCUT2D eigenvalue weighted by atomic mass is 10.0. The molecule has 0 spiro atoms. The van der Waals surface area contributed by atoms with Crippen molar-refractivity contribution >= 4 is 5.97 Å². The molecule has 0 fully saturated rings. The van der Waals surface area contributed by atoms with Gasteiger partial charge < -0.3 is 13.9 Å². The maximum absolute atomic E-state index is 12.2. The topological polar surface area (TPSA) is 61.9 Å². The van der Waals surface area contributed by atoms with E-state index in [2.05, 4.69) is 9.97 Å². The van der Waals surface area contributed by atoms with Crippen molar-refractivity contribution in [2.24, 2.45) is 14.1 Å². The number of carbonyl (C=O) groups is 1. The van der Waals surface area contributed by atoms with E-state index in [1.165, 1.54) is 0 Å². The fourth-order valence-electron chi connectivity index (χ4n) is 2.27. The summed E-state index contributed by atoms with van der Waals surface area (Å²) in [5.74, 6) is 1.13. The second-order valence-corrected chi connectivity index (χ2v) is 6.14. The number of rotatable bonds is 4. The molecule has 0 saturated carbocycles. The monoisotopic (exact) mass is 290 g/mol. The van der Waals surface area contributed by atoms with Crippen LogP contribution in [0.4, 0.5) is 0 Å². The molecule has 0 radical (unpaired) electrons. The Bertz CT molecular complexity index is 581. The molecule has 0 atom stereocenters. The summed E-state index contributed by atoms with van der Waals surface area (Å²) in [4.78, 5) is 20.9. The van der Waals surface area contributed by atoms with Gasteiger partial charge in [-0.15, -0.1) is 0 Å². The SMILES string of the molecule is Cn1ccnc1C(CC(=O)OC(C)(C)C)c1nccn1C. The Hall–Kier alpha value is -2.11. The Labute approximate surface area is 124 Å². The van der Waals surface area contributed by atoms with E-state index in [1.54, 1.807) is 12.4 Å². The number of imidazole rings is 2. The van der Waals surface area contributed by atoms with Crippen LogP contribution in [-0.4, -0.2) is 30.7 Å². The number of aromatic nitrogens is 4. The standard InChI is InChI=1S/C15H22N4O2/c1-15(2,3)21-12(20)10-11(13-16-6-8-18(13)4)14-17-7-9-19(14)5/h6-9,11H,10H2,1-5H3. The molecule has 6 nitrogen and oxygen atoms in total. The molecule has 2 heterocycles. The molecule has 21 heavy (non-hydrogen) atoms. The third-order valence-electron chi connectivity index (χ3n) is 3.13. The first-order valence-electron chi connectivity index (χ1n) is 6.94. The van der Waals surface area contributed by atoms with E-state index < -0.39 is 5.60 Å². The minimum atomic E-state index is -0.495. The predicted octanol–water partition coefficient (Wildman–Crippen LogP) is 2.02. The molecule has 0 aliphatic heterocycles. The van der Waals surface area contributed by atoms with E-state index in [0.29, 0.717) is 0 Å². The molecule has 0 aromatic carbocycles. The van der Waals surface area contributed by atoms with Crippen molar-refractivity contribution < 1.29 is 9.53 Å². The summed E-state index contributed by atoms with van der Waals surface area (Å²) in [6.45, 7) is 5.59. The molecule has 0 saturated heterocycles. The summed E-state index contributed by atoms with van der Waals surface area (Å²) >= 11 is 0. The summed E-state index contributed by atoms with van der Waals surface area (Å²) in [5, 5.41) is 0. The smallest absolute Gasteiger partial charge is 0.307 e. The summed E-state index contributed by atoms with van der Waals surface area (Å²) < 4.78 is 9.24. The number of ether oxygens (including phenoxy) is 1. The van der Waals surface area contributed by atoms with Gasteiger partial charge in [-0.05, 0) is 20.8 Å². The average Bonchev–Trinajstić information content (AvgIpc) is 2.93. The predicted molar refractivity (Wildman–Crippen MR) is 78.7 cm³/mol. The first-order valence-corrected chi connectivity index (χ1v) is 6.94. The summed E-state index contributed by atoms with van der Waals surface area (Å²) in [6, 6.07) is 0. The Kier molecular flexibility index (Phi) is 4.16. The lowest BCUT2D eigenvalue weighted by molar-refractivity contribution is -0.155. The van der Waals surface area contributed by atoms with E-state index in [1.807, 2.05) is 56.4 Å². The molecule has 114 valence electrons. The number of esters is 1. The molecule has 0 bridgehead atoms. The lowest BCUT2D eigenvalue weighted by Crippen LogP contribution is -2.26. The zero-order valence-electron chi connectivity index (χ0n) is 13.2. The number of hydrogen-bond acceptors (Lipinski definition) is 4. The van der Waals surface area contributed by atoms with Crippen LogP contribution in [0.1, 0.15) is 44.8 Å². The van der Waals surface area contributed by atoms with Gasteiger partial charge in [0.15, 0.2) is 0 Å². The summed E-state index contributed by atoms with van der Waals surface area (Å²) in [6.07, 6.45) is 7.38. The van der Waals surface area contributed by atoms with Crippen molar-refractivity contribution in [1.82, 2.24) is 19.1 Å². The average molecular weight is 290 g/mol. The van der Waals surface area contributed by atoms with Gasteiger partial charge in [-0.3, -0.25) is 4.79 Å². The maximum atomic E-state index is 12.2. The van der Waals surface area contributed by atoms with Crippen molar-refractivity contribution in [3.63, 3.8) is 0 Å². The second-order valence-electron chi connectivity index (χ2n) is 6.14. The molecule has 0 N–H and O–H groups in total. The first-order chi connectivity index (χ1) is 9.78. The van der Waals surface area contributed by atoms with Crippen LogP contribution >= 0.6 is 0 Å². The van der Waals surface area contributed by atoms with E-state index in [4.69, 9.17) is 4.74 Å². The number of nitrogens with zero attached hydrogens (tertiary/aromatic N) is 4. The Balaban J connectivity index is 2.28. The third-order valence-corrected chi connectivity index (χ3v) is 3.13. The van der Waals surface area contributed by atoms with Gasteiger partial charge in [0.25, 0.3) is 0 Å². The van der Waals surface area contributed by atoms with Crippen molar-refractivity contribution in [1.29, 1.82) is 0 Å². The van der Waals surface area contributed by atoms with Crippen LogP contribution in [0.15, 0.2) is 24.8 Å². The fourth-order valence-corrected chi connectivity index (χ4v) is 2.27. The van der Waals surface area contributed by atoms with Gasteiger partial charge in [0.1, 0.15) is 17.2 Å². The highest BCUT2D eigenvalue weighted by Crippen LogP contribution is 2.26. The molecule has 0 aliphatic rings. The first kappa shape index (κ1) is 15.3. The van der Waals surface area contributed by atoms with Crippen LogP contribution in [-0.2, 0) is 23.6 Å². The van der Waals surface area contributed by atoms with E-state index in [0.717, 1.165) is 11.6 Å². The minimum absolute atomic E-state index is 0.215. The molecular weight excluding hydrogens is 268 g/mol. The van der Waals surface area contributed by atoms with Crippen molar-refractivity contribution in [3.05, 3.63) is 36.4 Å². The quantitative estimate of drug-likeness (QED) is 0.808. The van der Waals surface area contributed by atoms with Crippen LogP contribution in [0, 0.1) is 0 Å². The highest BCUT2D eigenvalue weighted by atomic mass is 16.6. The zero-order chi connectivity index (χ0) is 15.6. The van der Waals surface area contributed by atoms with Crippen LogP contribution in [0.5, 0.6) is 0 Å². The number of aryl methyl sites for hydroxylation is 2. The highest BCUT2D eigenvalue weighted by Gasteiger charge is 2.27. The molecule has 2 aromatic heterocycles. The van der Waals surface area contributed by atoms with Crippen LogP contribution in [0.25, 0.3) is 0 Å². The van der Waals surface area contributed by atoms with E-state index in [9.17, 15) is 4.79 Å². The van der Waals surface area contributed by atoms with Gasteiger partial charge in [0.05, 0.1) is 12.3 Å². The molecule has 0 amide bonds. The third kappa shape index (κ3) is 3.71. The van der Waals surface area contributed by atoms with Crippen LogP contribution < -0.4 is 0 Å². The summed E-state index contributed by atoms with van der Waals surface area (Å²) in [5.41, 5.74) is -0.495. The number of hydrogen-bond donors (Lipinski definition) is 0. The fraction of sp³-hybridized carbons (Fsp3) is 0.533. The van der Waals surface area contributed by atoms with Gasteiger partial charge >= 0.3 is 5.97 Å². The highest BCUT2D eigenvalue weighted by molar-refractivity contribution is 5.71. The lowest BCUT2D eigenvalue weighted by Gasteiger charge is -2.22. The Morgan fingerprint density at radius 3 is 1.95 bits per heavy atom. The van der Waals surface area contributed by atoms with Crippen molar-refractivity contribution in [3.8, 4) is 0 Å². The Morgan fingerprint density at radius 2 is 1.62 bits per heavy atom. The van der Waals surface area contributed by atoms with Gasteiger partial charge in [0.2, 0.25) is 0 Å². The van der Waals surface area contributed by atoms with Gasteiger partial charge in [-0.2, -0.15) is 0 Å². The van der Waals surface area contributed by atoms with E-state index in [-0.39, 0.29) is 18.3 Å². The molecule has 0 unspecified atom stereocenters. The molecule has 2 aromatic rings. The molecule has 0 aliphatic carbocycles. The maximum Gasteiger partial charge on any atom is 0.307 e. The number of carbonyl (C=O) groups excluding carboxylic acids is 1. The largest absolute Gasteiger partial charge is 0.460 e. The van der Waals surface area contributed by atoms with Gasteiger partial charge in [0, 0.05) is 38.9 Å². The van der Waals surface area contributed by atoms with Crippen LogP contribution in [0.3, 0.4) is 0 Å². The molecule has 2 rings (SSSR count). The van der Waals surface area contributed by atoms with Crippen LogP contribution in [0.2, 0.25) is 0 Å². The van der Waals surface area contributed by atoms with E-state index >= 15 is 0 Å².